The van der Waals surface area contributed by atoms with Crippen molar-refractivity contribution in [2.75, 3.05) is 6.54 Å². The van der Waals surface area contributed by atoms with Gasteiger partial charge in [0.25, 0.3) is 0 Å². The molecule has 2 rings (SSSR count). The molecule has 0 bridgehead atoms. The van der Waals surface area contributed by atoms with Crippen LogP contribution < -0.4 is 5.32 Å². The van der Waals surface area contributed by atoms with Crippen molar-refractivity contribution in [2.45, 2.75) is 47.1 Å². The number of aryl methyl sites for hydroxylation is 4. The van der Waals surface area contributed by atoms with E-state index < -0.39 is 0 Å². The second kappa shape index (κ2) is 6.81. The van der Waals surface area contributed by atoms with Gasteiger partial charge in [-0.1, -0.05) is 19.1 Å². The van der Waals surface area contributed by atoms with Crippen LogP contribution in [-0.4, -0.2) is 16.5 Å². The molecule has 1 N–H and O–H groups in total. The number of hydrogen-bond donors (Lipinski definition) is 1. The molecule has 1 heterocycles. The SMILES string of the molecule is CCCNC(c1ncc(C)cn1)c1cc(C)c(C)cc1C. The molecule has 0 saturated heterocycles. The van der Waals surface area contributed by atoms with Crippen LogP contribution in [0, 0.1) is 27.7 Å². The fraction of sp³-hybridized carbons (Fsp3) is 0.444. The average molecular weight is 283 g/mol. The van der Waals surface area contributed by atoms with Crippen LogP contribution in [0.1, 0.15) is 53.0 Å². The molecule has 1 unspecified atom stereocenters. The first-order valence-corrected chi connectivity index (χ1v) is 7.62. The van der Waals surface area contributed by atoms with E-state index in [1.165, 1.54) is 22.3 Å². The fourth-order valence-electron chi connectivity index (χ4n) is 2.47. The maximum Gasteiger partial charge on any atom is 0.149 e. The maximum atomic E-state index is 4.53. The lowest BCUT2D eigenvalue weighted by atomic mass is 9.95. The van der Waals surface area contributed by atoms with Gasteiger partial charge in [0.2, 0.25) is 0 Å². The van der Waals surface area contributed by atoms with Gasteiger partial charge in [-0.2, -0.15) is 0 Å². The Balaban J connectivity index is 2.45. The average Bonchev–Trinajstić information content (AvgIpc) is 2.46. The topological polar surface area (TPSA) is 37.8 Å². The minimum absolute atomic E-state index is 0.0600. The number of rotatable bonds is 5. The highest BCUT2D eigenvalue weighted by molar-refractivity contribution is 5.40. The molecule has 3 nitrogen and oxygen atoms in total. The first kappa shape index (κ1) is 15.6. The number of nitrogens with one attached hydrogen (secondary N) is 1. The van der Waals surface area contributed by atoms with E-state index in [2.05, 4.69) is 55.1 Å². The third-order valence-electron chi connectivity index (χ3n) is 3.85. The van der Waals surface area contributed by atoms with Gasteiger partial charge in [-0.3, -0.25) is 0 Å². The van der Waals surface area contributed by atoms with Crippen molar-refractivity contribution in [1.29, 1.82) is 0 Å². The smallest absolute Gasteiger partial charge is 0.149 e. The molecule has 0 aliphatic heterocycles. The molecule has 21 heavy (non-hydrogen) atoms. The molecular formula is C18H25N3. The standard InChI is InChI=1S/C18H25N3/c1-6-7-19-17(18-20-10-12(2)11-21-18)16-9-14(4)13(3)8-15(16)5/h8-11,17,19H,6-7H2,1-5H3. The molecule has 0 aliphatic carbocycles. The van der Waals surface area contributed by atoms with Crippen LogP contribution in [0.15, 0.2) is 24.5 Å². The number of hydrogen-bond acceptors (Lipinski definition) is 3. The zero-order chi connectivity index (χ0) is 15.4. The third kappa shape index (κ3) is 3.67. The summed E-state index contributed by atoms with van der Waals surface area (Å²) in [5, 5.41) is 3.58. The van der Waals surface area contributed by atoms with Crippen LogP contribution in [0.4, 0.5) is 0 Å². The van der Waals surface area contributed by atoms with Crippen molar-refractivity contribution in [3.63, 3.8) is 0 Å². The van der Waals surface area contributed by atoms with Crippen LogP contribution >= 0.6 is 0 Å². The second-order valence-corrected chi connectivity index (χ2v) is 5.80. The summed E-state index contributed by atoms with van der Waals surface area (Å²) in [5.74, 6) is 0.848. The Morgan fingerprint density at radius 1 is 0.952 bits per heavy atom. The van der Waals surface area contributed by atoms with Gasteiger partial charge in [-0.05, 0) is 68.5 Å². The van der Waals surface area contributed by atoms with E-state index in [4.69, 9.17) is 0 Å². The lowest BCUT2D eigenvalue weighted by molar-refractivity contribution is 0.568. The predicted octanol–water partition coefficient (Wildman–Crippen LogP) is 3.80. The Morgan fingerprint density at radius 3 is 2.19 bits per heavy atom. The molecule has 1 atom stereocenters. The summed E-state index contributed by atoms with van der Waals surface area (Å²) in [7, 11) is 0. The summed E-state index contributed by atoms with van der Waals surface area (Å²) >= 11 is 0. The Kier molecular flexibility index (Phi) is 5.07. The third-order valence-corrected chi connectivity index (χ3v) is 3.85. The van der Waals surface area contributed by atoms with Gasteiger partial charge < -0.3 is 5.32 Å². The zero-order valence-electron chi connectivity index (χ0n) is 13.7. The van der Waals surface area contributed by atoms with E-state index in [-0.39, 0.29) is 6.04 Å². The molecule has 0 radical (unpaired) electrons. The Hall–Kier alpha value is -1.74. The van der Waals surface area contributed by atoms with Crippen LogP contribution in [0.5, 0.6) is 0 Å². The molecule has 0 amide bonds. The van der Waals surface area contributed by atoms with Gasteiger partial charge in [0, 0.05) is 12.4 Å². The van der Waals surface area contributed by atoms with E-state index >= 15 is 0 Å². The van der Waals surface area contributed by atoms with Crippen molar-refractivity contribution in [3.05, 3.63) is 58.2 Å². The van der Waals surface area contributed by atoms with E-state index in [1.807, 2.05) is 19.3 Å². The van der Waals surface area contributed by atoms with Crippen molar-refractivity contribution < 1.29 is 0 Å². The minimum atomic E-state index is 0.0600. The molecule has 0 fully saturated rings. The van der Waals surface area contributed by atoms with Crippen molar-refractivity contribution in [2.24, 2.45) is 0 Å². The van der Waals surface area contributed by atoms with Crippen LogP contribution in [0.25, 0.3) is 0 Å². The van der Waals surface area contributed by atoms with Crippen molar-refractivity contribution >= 4 is 0 Å². The molecule has 1 aromatic heterocycles. The summed E-state index contributed by atoms with van der Waals surface area (Å²) in [6, 6.07) is 4.57. The van der Waals surface area contributed by atoms with Gasteiger partial charge in [-0.25, -0.2) is 9.97 Å². The van der Waals surface area contributed by atoms with Gasteiger partial charge in [0.05, 0.1) is 6.04 Å². The summed E-state index contributed by atoms with van der Waals surface area (Å²) in [4.78, 5) is 9.05. The Morgan fingerprint density at radius 2 is 1.57 bits per heavy atom. The Bertz CT molecular complexity index is 603. The van der Waals surface area contributed by atoms with Gasteiger partial charge in [0.1, 0.15) is 5.82 Å². The van der Waals surface area contributed by atoms with Gasteiger partial charge in [-0.15, -0.1) is 0 Å². The molecule has 3 heteroatoms. The quantitative estimate of drug-likeness (QED) is 0.907. The van der Waals surface area contributed by atoms with Crippen LogP contribution in [0.3, 0.4) is 0 Å². The lowest BCUT2D eigenvalue weighted by Crippen LogP contribution is -2.26. The largest absolute Gasteiger partial charge is 0.304 e. The normalized spacial score (nSPS) is 12.4. The monoisotopic (exact) mass is 283 g/mol. The summed E-state index contributed by atoms with van der Waals surface area (Å²) < 4.78 is 0. The van der Waals surface area contributed by atoms with Crippen molar-refractivity contribution in [1.82, 2.24) is 15.3 Å². The molecule has 2 aromatic rings. The second-order valence-electron chi connectivity index (χ2n) is 5.80. The Labute approximate surface area is 127 Å². The number of nitrogens with zero attached hydrogens (tertiary/aromatic N) is 2. The van der Waals surface area contributed by atoms with Crippen LogP contribution in [-0.2, 0) is 0 Å². The molecule has 1 aromatic carbocycles. The summed E-state index contributed by atoms with van der Waals surface area (Å²) in [6.45, 7) is 11.6. The first-order chi connectivity index (χ1) is 10.0. The van der Waals surface area contributed by atoms with Crippen molar-refractivity contribution in [3.8, 4) is 0 Å². The zero-order valence-corrected chi connectivity index (χ0v) is 13.7. The van der Waals surface area contributed by atoms with E-state index in [0.717, 1.165) is 24.4 Å². The highest BCUT2D eigenvalue weighted by Crippen LogP contribution is 2.25. The lowest BCUT2D eigenvalue weighted by Gasteiger charge is -2.21. The minimum Gasteiger partial charge on any atom is -0.304 e. The summed E-state index contributed by atoms with van der Waals surface area (Å²) in [5.41, 5.74) is 6.29. The number of benzene rings is 1. The molecule has 0 saturated carbocycles. The maximum absolute atomic E-state index is 4.53. The van der Waals surface area contributed by atoms with Gasteiger partial charge in [0.15, 0.2) is 0 Å². The predicted molar refractivity (Wildman–Crippen MR) is 87.6 cm³/mol. The number of aromatic nitrogens is 2. The van der Waals surface area contributed by atoms with Gasteiger partial charge >= 0.3 is 0 Å². The summed E-state index contributed by atoms with van der Waals surface area (Å²) in [6.07, 6.45) is 4.87. The first-order valence-electron chi connectivity index (χ1n) is 7.62. The molecule has 0 aliphatic rings. The highest BCUT2D eigenvalue weighted by atomic mass is 15.0. The fourth-order valence-corrected chi connectivity index (χ4v) is 2.47. The van der Waals surface area contributed by atoms with E-state index in [9.17, 15) is 0 Å². The highest BCUT2D eigenvalue weighted by Gasteiger charge is 2.18. The molecular weight excluding hydrogens is 258 g/mol. The van der Waals surface area contributed by atoms with E-state index in [1.54, 1.807) is 0 Å². The molecule has 0 spiro atoms. The molecule has 112 valence electrons. The van der Waals surface area contributed by atoms with Crippen LogP contribution in [0.2, 0.25) is 0 Å². The van der Waals surface area contributed by atoms with E-state index in [0.29, 0.717) is 0 Å².